The van der Waals surface area contributed by atoms with Gasteiger partial charge in [0.2, 0.25) is 0 Å². The molecule has 0 heterocycles. The number of rotatable bonds is 6. The minimum Gasteiger partial charge on any atom is -0.206 e. The highest BCUT2D eigenvalue weighted by Crippen LogP contribution is 2.35. The Hall–Kier alpha value is -0.990. The third-order valence-electron chi connectivity index (χ3n) is 5.17. The van der Waals surface area contributed by atoms with Crippen molar-refractivity contribution in [3.05, 3.63) is 34.6 Å². The van der Waals surface area contributed by atoms with Crippen LogP contribution in [0.25, 0.3) is 0 Å². The fourth-order valence-electron chi connectivity index (χ4n) is 3.77. The first-order chi connectivity index (χ1) is 10.5. The van der Waals surface area contributed by atoms with Gasteiger partial charge in [-0.15, -0.1) is 0 Å². The van der Waals surface area contributed by atoms with E-state index in [2.05, 4.69) is 6.92 Å². The van der Waals surface area contributed by atoms with Gasteiger partial charge in [0.25, 0.3) is 6.43 Å². The van der Waals surface area contributed by atoms with Crippen molar-refractivity contribution in [1.82, 2.24) is 0 Å². The van der Waals surface area contributed by atoms with Gasteiger partial charge in [0.05, 0.1) is 5.56 Å². The van der Waals surface area contributed by atoms with Crippen molar-refractivity contribution in [2.75, 3.05) is 0 Å². The van der Waals surface area contributed by atoms with Crippen LogP contribution in [0.4, 0.5) is 13.2 Å². The molecule has 124 valence electrons. The molecule has 1 aliphatic rings. The molecule has 0 bridgehead atoms. The average molecular weight is 312 g/mol. The van der Waals surface area contributed by atoms with E-state index in [1.165, 1.54) is 38.5 Å². The summed E-state index contributed by atoms with van der Waals surface area (Å²) in [7, 11) is 0. The second-order valence-corrected chi connectivity index (χ2v) is 6.78. The molecule has 0 radical (unpaired) electrons. The molecule has 3 heteroatoms. The fraction of sp³-hybridized carbons (Fsp3) is 0.684. The summed E-state index contributed by atoms with van der Waals surface area (Å²) in [4.78, 5) is 0. The minimum atomic E-state index is -2.73. The molecule has 1 saturated carbocycles. The van der Waals surface area contributed by atoms with E-state index in [1.807, 2.05) is 0 Å². The molecular weight excluding hydrogens is 285 g/mol. The molecule has 0 atom stereocenters. The fourth-order valence-corrected chi connectivity index (χ4v) is 3.77. The summed E-state index contributed by atoms with van der Waals surface area (Å²) in [6, 6.07) is 3.30. The highest BCUT2D eigenvalue weighted by atomic mass is 19.3. The molecule has 0 unspecified atom stereocenters. The molecule has 0 aliphatic heterocycles. The second kappa shape index (κ2) is 8.03. The standard InChI is InChI=1S/C19H27F3/c1-3-4-14-6-8-15(9-7-14)10-12-16-11-5-13(2)18(20)17(16)19(21)22/h5,11,14-15,19H,3-4,6-10,12H2,1-2H3. The third-order valence-corrected chi connectivity index (χ3v) is 5.17. The van der Waals surface area contributed by atoms with Gasteiger partial charge in [-0.2, -0.15) is 0 Å². The SMILES string of the molecule is CCCC1CCC(CCc2ccc(C)c(F)c2C(F)F)CC1. The molecular formula is C19H27F3. The first-order valence-corrected chi connectivity index (χ1v) is 8.58. The Kier molecular flexibility index (Phi) is 6.34. The van der Waals surface area contributed by atoms with E-state index in [0.717, 1.165) is 12.3 Å². The molecule has 2 rings (SSSR count). The van der Waals surface area contributed by atoms with E-state index in [4.69, 9.17) is 0 Å². The lowest BCUT2D eigenvalue weighted by atomic mass is 9.78. The van der Waals surface area contributed by atoms with Gasteiger partial charge >= 0.3 is 0 Å². The monoisotopic (exact) mass is 312 g/mol. The third kappa shape index (κ3) is 4.27. The number of alkyl halides is 2. The molecule has 1 aromatic carbocycles. The van der Waals surface area contributed by atoms with E-state index in [1.54, 1.807) is 19.1 Å². The number of aryl methyl sites for hydroxylation is 2. The number of halogens is 3. The largest absolute Gasteiger partial charge is 0.266 e. The predicted molar refractivity (Wildman–Crippen MR) is 84.8 cm³/mol. The van der Waals surface area contributed by atoms with E-state index in [-0.39, 0.29) is 5.56 Å². The molecule has 0 N–H and O–H groups in total. The van der Waals surface area contributed by atoms with Crippen LogP contribution in [0.15, 0.2) is 12.1 Å². The molecule has 0 saturated heterocycles. The van der Waals surface area contributed by atoms with Crippen LogP contribution in [0, 0.1) is 24.6 Å². The Bertz CT molecular complexity index is 474. The van der Waals surface area contributed by atoms with Crippen LogP contribution in [0.1, 0.15) is 75.0 Å². The van der Waals surface area contributed by atoms with E-state index < -0.39 is 12.2 Å². The normalized spacial score (nSPS) is 22.3. The zero-order chi connectivity index (χ0) is 16.1. The lowest BCUT2D eigenvalue weighted by Gasteiger charge is -2.28. The van der Waals surface area contributed by atoms with Crippen molar-refractivity contribution in [1.29, 1.82) is 0 Å². The molecule has 0 aromatic heterocycles. The van der Waals surface area contributed by atoms with Crippen LogP contribution in [-0.2, 0) is 6.42 Å². The van der Waals surface area contributed by atoms with Crippen LogP contribution in [0.5, 0.6) is 0 Å². The van der Waals surface area contributed by atoms with Gasteiger partial charge < -0.3 is 0 Å². The lowest BCUT2D eigenvalue weighted by Crippen LogP contribution is -2.15. The Morgan fingerprint density at radius 2 is 1.64 bits per heavy atom. The molecule has 0 spiro atoms. The van der Waals surface area contributed by atoms with Crippen molar-refractivity contribution >= 4 is 0 Å². The summed E-state index contributed by atoms with van der Waals surface area (Å²) in [6.45, 7) is 3.77. The van der Waals surface area contributed by atoms with Crippen molar-refractivity contribution in [3.63, 3.8) is 0 Å². The summed E-state index contributed by atoms with van der Waals surface area (Å²) in [5.74, 6) is 0.747. The summed E-state index contributed by atoms with van der Waals surface area (Å²) < 4.78 is 40.2. The van der Waals surface area contributed by atoms with Crippen LogP contribution >= 0.6 is 0 Å². The van der Waals surface area contributed by atoms with Crippen molar-refractivity contribution < 1.29 is 13.2 Å². The zero-order valence-electron chi connectivity index (χ0n) is 13.7. The summed E-state index contributed by atoms with van der Waals surface area (Å²) >= 11 is 0. The van der Waals surface area contributed by atoms with Gasteiger partial charge in [0.15, 0.2) is 0 Å². The quantitative estimate of drug-likeness (QED) is 0.554. The van der Waals surface area contributed by atoms with E-state index in [9.17, 15) is 13.2 Å². The van der Waals surface area contributed by atoms with E-state index >= 15 is 0 Å². The maximum atomic E-state index is 13.9. The predicted octanol–water partition coefficient (Wildman–Crippen LogP) is 6.61. The van der Waals surface area contributed by atoms with Crippen LogP contribution in [0.2, 0.25) is 0 Å². The highest BCUT2D eigenvalue weighted by molar-refractivity contribution is 5.34. The van der Waals surface area contributed by atoms with Gasteiger partial charge in [-0.1, -0.05) is 57.6 Å². The highest BCUT2D eigenvalue weighted by Gasteiger charge is 2.23. The molecule has 1 aromatic rings. The molecule has 1 fully saturated rings. The van der Waals surface area contributed by atoms with Gasteiger partial charge in [-0.25, -0.2) is 13.2 Å². The lowest BCUT2D eigenvalue weighted by molar-refractivity contribution is 0.144. The molecule has 0 nitrogen and oxygen atoms in total. The van der Waals surface area contributed by atoms with Gasteiger partial charge in [0.1, 0.15) is 5.82 Å². The Morgan fingerprint density at radius 1 is 1.05 bits per heavy atom. The second-order valence-electron chi connectivity index (χ2n) is 6.78. The number of benzene rings is 1. The van der Waals surface area contributed by atoms with Crippen molar-refractivity contribution in [3.8, 4) is 0 Å². The minimum absolute atomic E-state index is 0.305. The zero-order valence-corrected chi connectivity index (χ0v) is 13.7. The van der Waals surface area contributed by atoms with Crippen LogP contribution in [0.3, 0.4) is 0 Å². The molecule has 1 aliphatic carbocycles. The smallest absolute Gasteiger partial charge is 0.206 e. The van der Waals surface area contributed by atoms with Gasteiger partial charge in [0, 0.05) is 0 Å². The number of hydrogen-bond donors (Lipinski definition) is 0. The molecule has 22 heavy (non-hydrogen) atoms. The Morgan fingerprint density at radius 3 is 2.18 bits per heavy atom. The maximum absolute atomic E-state index is 13.9. The first kappa shape index (κ1) is 17.4. The molecule has 0 amide bonds. The van der Waals surface area contributed by atoms with E-state index in [0.29, 0.717) is 23.5 Å². The summed E-state index contributed by atoms with van der Waals surface area (Å²) in [5.41, 5.74) is 0.424. The first-order valence-electron chi connectivity index (χ1n) is 8.58. The summed E-state index contributed by atoms with van der Waals surface area (Å²) in [5, 5.41) is 0. The van der Waals surface area contributed by atoms with Crippen molar-refractivity contribution in [2.24, 2.45) is 11.8 Å². The van der Waals surface area contributed by atoms with Crippen LogP contribution in [-0.4, -0.2) is 0 Å². The summed E-state index contributed by atoms with van der Waals surface area (Å²) in [6.07, 6.45) is 6.23. The van der Waals surface area contributed by atoms with Gasteiger partial charge in [-0.3, -0.25) is 0 Å². The van der Waals surface area contributed by atoms with Gasteiger partial charge in [-0.05, 0) is 42.7 Å². The Labute approximate surface area is 132 Å². The van der Waals surface area contributed by atoms with Crippen LogP contribution < -0.4 is 0 Å². The topological polar surface area (TPSA) is 0 Å². The number of hydrogen-bond acceptors (Lipinski definition) is 0. The van der Waals surface area contributed by atoms with Crippen molar-refractivity contribution in [2.45, 2.75) is 71.6 Å². The maximum Gasteiger partial charge on any atom is 0.266 e. The average Bonchev–Trinajstić information content (AvgIpc) is 2.49. The Balaban J connectivity index is 1.94.